The summed E-state index contributed by atoms with van der Waals surface area (Å²) in [5.41, 5.74) is 1.58. The standard InChI is InChI=1S/C15H23N7O/c1-22-8-17-12-13(18-10-4-5-16-6-10)20-15(21-14(12)22)19-11(7-23)9-2-3-9/h8-11,16,23H,2-7H2,1H3,(H2,18,19,20,21)/t10-,11-/m0/s1. The molecule has 1 aliphatic carbocycles. The Morgan fingerprint density at radius 2 is 2.26 bits per heavy atom. The Bertz CT molecular complexity index is 690. The van der Waals surface area contributed by atoms with Gasteiger partial charge in [-0.25, -0.2) is 4.98 Å². The Hall–Kier alpha value is -1.93. The summed E-state index contributed by atoms with van der Waals surface area (Å²) in [7, 11) is 1.93. The molecule has 0 spiro atoms. The maximum Gasteiger partial charge on any atom is 0.227 e. The van der Waals surface area contributed by atoms with Crippen molar-refractivity contribution in [2.45, 2.75) is 31.3 Å². The number of aliphatic hydroxyl groups is 1. The van der Waals surface area contributed by atoms with E-state index >= 15 is 0 Å². The van der Waals surface area contributed by atoms with Crippen molar-refractivity contribution in [1.29, 1.82) is 0 Å². The van der Waals surface area contributed by atoms with Crippen LogP contribution in [0.2, 0.25) is 0 Å². The molecule has 1 saturated heterocycles. The average molecular weight is 317 g/mol. The van der Waals surface area contributed by atoms with Gasteiger partial charge in [-0.2, -0.15) is 9.97 Å². The summed E-state index contributed by atoms with van der Waals surface area (Å²) in [4.78, 5) is 13.6. The second-order valence-corrected chi connectivity index (χ2v) is 6.53. The molecule has 0 aromatic carbocycles. The predicted molar refractivity (Wildman–Crippen MR) is 88.4 cm³/mol. The number of fused-ring (bicyclic) bond motifs is 1. The van der Waals surface area contributed by atoms with Gasteiger partial charge < -0.3 is 25.6 Å². The van der Waals surface area contributed by atoms with E-state index in [-0.39, 0.29) is 12.6 Å². The van der Waals surface area contributed by atoms with Crippen molar-refractivity contribution in [3.8, 4) is 0 Å². The maximum absolute atomic E-state index is 9.57. The van der Waals surface area contributed by atoms with Crippen LogP contribution in [0.1, 0.15) is 19.3 Å². The first-order valence-electron chi connectivity index (χ1n) is 8.28. The van der Waals surface area contributed by atoms with E-state index in [1.807, 2.05) is 11.6 Å². The van der Waals surface area contributed by atoms with Crippen LogP contribution >= 0.6 is 0 Å². The van der Waals surface area contributed by atoms with Crippen LogP contribution in [0, 0.1) is 5.92 Å². The van der Waals surface area contributed by atoms with Gasteiger partial charge in [0.2, 0.25) is 5.95 Å². The number of rotatable bonds is 6. The molecule has 4 rings (SSSR count). The van der Waals surface area contributed by atoms with Gasteiger partial charge in [0.05, 0.1) is 19.0 Å². The molecule has 2 aromatic rings. The van der Waals surface area contributed by atoms with Gasteiger partial charge in [-0.05, 0) is 31.7 Å². The van der Waals surface area contributed by atoms with Crippen LogP contribution in [0.5, 0.6) is 0 Å². The van der Waals surface area contributed by atoms with Gasteiger partial charge in [0.25, 0.3) is 0 Å². The van der Waals surface area contributed by atoms with E-state index in [0.29, 0.717) is 17.9 Å². The van der Waals surface area contributed by atoms with Gasteiger partial charge in [0.15, 0.2) is 17.0 Å². The maximum atomic E-state index is 9.57. The monoisotopic (exact) mass is 317 g/mol. The van der Waals surface area contributed by atoms with Gasteiger partial charge in [0, 0.05) is 19.6 Å². The number of nitrogens with zero attached hydrogens (tertiary/aromatic N) is 4. The largest absolute Gasteiger partial charge is 0.394 e. The Kier molecular flexibility index (Phi) is 3.78. The van der Waals surface area contributed by atoms with E-state index in [9.17, 15) is 5.11 Å². The molecule has 2 aliphatic rings. The third-order valence-corrected chi connectivity index (χ3v) is 4.66. The fraction of sp³-hybridized carbons (Fsp3) is 0.667. The van der Waals surface area contributed by atoms with Crippen LogP contribution in [0.15, 0.2) is 6.33 Å². The molecule has 1 saturated carbocycles. The van der Waals surface area contributed by atoms with Gasteiger partial charge in [-0.1, -0.05) is 0 Å². The summed E-state index contributed by atoms with van der Waals surface area (Å²) < 4.78 is 1.89. The molecule has 0 radical (unpaired) electrons. The lowest BCUT2D eigenvalue weighted by Crippen LogP contribution is -2.28. The molecule has 2 aromatic heterocycles. The van der Waals surface area contributed by atoms with Crippen molar-refractivity contribution >= 4 is 22.9 Å². The number of hydrogen-bond acceptors (Lipinski definition) is 7. The zero-order valence-electron chi connectivity index (χ0n) is 13.3. The zero-order chi connectivity index (χ0) is 15.8. The molecule has 124 valence electrons. The lowest BCUT2D eigenvalue weighted by molar-refractivity contribution is 0.263. The van der Waals surface area contributed by atoms with E-state index in [0.717, 1.165) is 49.3 Å². The minimum absolute atomic E-state index is 0.0293. The van der Waals surface area contributed by atoms with Crippen LogP contribution in [-0.2, 0) is 7.05 Å². The highest BCUT2D eigenvalue weighted by Crippen LogP contribution is 2.34. The van der Waals surface area contributed by atoms with E-state index in [4.69, 9.17) is 0 Å². The number of hydrogen-bond donors (Lipinski definition) is 4. The molecule has 8 heteroatoms. The summed E-state index contributed by atoms with van der Waals surface area (Å²) in [5.74, 6) is 1.85. The normalized spacial score (nSPS) is 22.4. The van der Waals surface area contributed by atoms with Crippen LogP contribution in [-0.4, -0.2) is 56.4 Å². The Morgan fingerprint density at radius 1 is 1.39 bits per heavy atom. The number of nitrogens with one attached hydrogen (secondary N) is 3. The topological polar surface area (TPSA) is 99.9 Å². The van der Waals surface area contributed by atoms with Crippen LogP contribution in [0.4, 0.5) is 11.8 Å². The van der Waals surface area contributed by atoms with Gasteiger partial charge in [-0.15, -0.1) is 0 Å². The van der Waals surface area contributed by atoms with E-state index in [1.165, 1.54) is 0 Å². The van der Waals surface area contributed by atoms with E-state index in [2.05, 4.69) is 30.9 Å². The number of anilines is 2. The fourth-order valence-electron chi connectivity index (χ4n) is 3.12. The Morgan fingerprint density at radius 3 is 2.96 bits per heavy atom. The lowest BCUT2D eigenvalue weighted by Gasteiger charge is -2.17. The van der Waals surface area contributed by atoms with Gasteiger partial charge in [-0.3, -0.25) is 0 Å². The first kappa shape index (κ1) is 14.6. The second kappa shape index (κ2) is 5.93. The SMILES string of the molecule is Cn1cnc2c(N[C@H]3CCNC3)nc(N[C@@H](CO)C3CC3)nc21. The number of aromatic nitrogens is 4. The highest BCUT2D eigenvalue weighted by molar-refractivity contribution is 5.84. The van der Waals surface area contributed by atoms with Crippen molar-refractivity contribution in [2.24, 2.45) is 13.0 Å². The molecule has 2 atom stereocenters. The van der Waals surface area contributed by atoms with Gasteiger partial charge >= 0.3 is 0 Å². The smallest absolute Gasteiger partial charge is 0.227 e. The average Bonchev–Trinajstić information content (AvgIpc) is 3.15. The lowest BCUT2D eigenvalue weighted by atomic mass is 10.2. The molecule has 0 amide bonds. The molecule has 4 N–H and O–H groups in total. The minimum Gasteiger partial charge on any atom is -0.394 e. The Labute approximate surface area is 134 Å². The van der Waals surface area contributed by atoms with E-state index in [1.54, 1.807) is 6.33 Å². The predicted octanol–water partition coefficient (Wildman–Crippen LogP) is 0.320. The molecular weight excluding hydrogens is 294 g/mol. The molecule has 8 nitrogen and oxygen atoms in total. The molecule has 3 heterocycles. The fourth-order valence-corrected chi connectivity index (χ4v) is 3.12. The van der Waals surface area contributed by atoms with Crippen molar-refractivity contribution < 1.29 is 5.11 Å². The zero-order valence-corrected chi connectivity index (χ0v) is 13.3. The molecule has 1 aliphatic heterocycles. The molecule has 23 heavy (non-hydrogen) atoms. The second-order valence-electron chi connectivity index (χ2n) is 6.53. The summed E-state index contributed by atoms with van der Waals surface area (Å²) >= 11 is 0. The summed E-state index contributed by atoms with van der Waals surface area (Å²) in [6.45, 7) is 2.06. The van der Waals surface area contributed by atoms with Crippen molar-refractivity contribution in [3.05, 3.63) is 6.33 Å². The first-order valence-corrected chi connectivity index (χ1v) is 8.28. The van der Waals surface area contributed by atoms with Crippen molar-refractivity contribution in [3.63, 3.8) is 0 Å². The summed E-state index contributed by atoms with van der Waals surface area (Å²) in [6, 6.07) is 0.390. The quantitative estimate of drug-likeness (QED) is 0.609. The minimum atomic E-state index is 0.0293. The number of aryl methyl sites for hydroxylation is 1. The third kappa shape index (κ3) is 2.96. The third-order valence-electron chi connectivity index (χ3n) is 4.66. The molecule has 2 fully saturated rings. The molecular formula is C15H23N7O. The molecule has 0 bridgehead atoms. The number of aliphatic hydroxyl groups excluding tert-OH is 1. The summed E-state index contributed by atoms with van der Waals surface area (Å²) in [5, 5.41) is 19.7. The van der Waals surface area contributed by atoms with Crippen LogP contribution in [0.3, 0.4) is 0 Å². The van der Waals surface area contributed by atoms with Gasteiger partial charge in [0.1, 0.15) is 0 Å². The molecule has 0 unspecified atom stereocenters. The van der Waals surface area contributed by atoms with Crippen LogP contribution in [0.25, 0.3) is 11.2 Å². The highest BCUT2D eigenvalue weighted by atomic mass is 16.3. The van der Waals surface area contributed by atoms with E-state index < -0.39 is 0 Å². The number of imidazole rings is 1. The van der Waals surface area contributed by atoms with Crippen molar-refractivity contribution in [1.82, 2.24) is 24.8 Å². The summed E-state index contributed by atoms with van der Waals surface area (Å²) in [6.07, 6.45) is 5.14. The van der Waals surface area contributed by atoms with Crippen LogP contribution < -0.4 is 16.0 Å². The van der Waals surface area contributed by atoms with Crippen molar-refractivity contribution in [2.75, 3.05) is 30.3 Å². The first-order chi connectivity index (χ1) is 11.2. The Balaban J connectivity index is 1.65. The highest BCUT2D eigenvalue weighted by Gasteiger charge is 2.31.